The molecule has 108 valence electrons. The number of hydrogen-bond donors (Lipinski definition) is 0. The zero-order valence-corrected chi connectivity index (χ0v) is 12.1. The van der Waals surface area contributed by atoms with Crippen LogP contribution in [0.1, 0.15) is 0 Å². The first kappa shape index (κ1) is 12.7. The minimum absolute atomic E-state index is 0.0884. The lowest BCUT2D eigenvalue weighted by molar-refractivity contribution is 0.0272. The second-order valence-corrected chi connectivity index (χ2v) is 5.80. The van der Waals surface area contributed by atoms with Crippen molar-refractivity contribution in [3.63, 3.8) is 0 Å². The summed E-state index contributed by atoms with van der Waals surface area (Å²) in [6.45, 7) is 3.03. The molecule has 1 fully saturated rings. The fraction of sp³-hybridized carbons (Fsp3) is 0.385. The third-order valence-electron chi connectivity index (χ3n) is 3.52. The van der Waals surface area contributed by atoms with Crippen molar-refractivity contribution in [2.45, 2.75) is 12.6 Å². The molecule has 8 heteroatoms. The Kier molecular flexibility index (Phi) is 3.24. The van der Waals surface area contributed by atoms with Crippen LogP contribution in [-0.2, 0) is 11.3 Å². The molecule has 0 N–H and O–H groups in total. The molecule has 0 aromatic carbocycles. The molecule has 3 aromatic heterocycles. The number of hydrogen-bond acceptors (Lipinski definition) is 7. The third kappa shape index (κ3) is 2.47. The number of fused-ring (bicyclic) bond motifs is 1. The van der Waals surface area contributed by atoms with E-state index >= 15 is 0 Å². The van der Waals surface area contributed by atoms with E-state index in [0.29, 0.717) is 13.2 Å². The van der Waals surface area contributed by atoms with E-state index in [-0.39, 0.29) is 6.10 Å². The summed E-state index contributed by atoms with van der Waals surface area (Å²) in [7, 11) is 0. The van der Waals surface area contributed by atoms with Gasteiger partial charge in [-0.05, 0) is 11.4 Å². The minimum Gasteiger partial charge on any atom is -0.373 e. The van der Waals surface area contributed by atoms with Crippen LogP contribution in [0.5, 0.6) is 0 Å². The van der Waals surface area contributed by atoms with Crippen molar-refractivity contribution in [3.05, 3.63) is 30.4 Å². The summed E-state index contributed by atoms with van der Waals surface area (Å²) in [5.74, 6) is 1.00. The molecule has 0 unspecified atom stereocenters. The van der Waals surface area contributed by atoms with Gasteiger partial charge < -0.3 is 9.64 Å². The SMILES string of the molecule is c1nc(N2CCO[C@@H](Cn3cncn3)C2)c2sccc2n1. The molecule has 21 heavy (non-hydrogen) atoms. The van der Waals surface area contributed by atoms with Gasteiger partial charge in [-0.1, -0.05) is 0 Å². The molecule has 3 aromatic rings. The summed E-state index contributed by atoms with van der Waals surface area (Å²) >= 11 is 1.68. The third-order valence-corrected chi connectivity index (χ3v) is 4.42. The number of nitrogens with zero attached hydrogens (tertiary/aromatic N) is 6. The standard InChI is InChI=1S/C13H14N6OS/c1-4-21-12-11(1)15-8-16-13(12)18-2-3-20-10(5-18)6-19-9-14-7-17-19/h1,4,7-10H,2-3,5-6H2/t10-/m1/s1. The number of ether oxygens (including phenoxy) is 1. The number of rotatable bonds is 3. The first-order valence-corrected chi connectivity index (χ1v) is 7.65. The molecule has 0 spiro atoms. The predicted molar refractivity (Wildman–Crippen MR) is 79.4 cm³/mol. The van der Waals surface area contributed by atoms with Crippen LogP contribution in [-0.4, -0.2) is 50.5 Å². The molecule has 1 atom stereocenters. The molecule has 0 radical (unpaired) electrons. The predicted octanol–water partition coefficient (Wildman–Crippen LogP) is 1.19. The van der Waals surface area contributed by atoms with E-state index in [1.165, 1.54) is 0 Å². The largest absolute Gasteiger partial charge is 0.373 e. The lowest BCUT2D eigenvalue weighted by atomic mass is 10.2. The monoisotopic (exact) mass is 302 g/mol. The van der Waals surface area contributed by atoms with Crippen molar-refractivity contribution in [1.82, 2.24) is 24.7 Å². The Balaban J connectivity index is 1.56. The van der Waals surface area contributed by atoms with Crippen LogP contribution in [0.4, 0.5) is 5.82 Å². The summed E-state index contributed by atoms with van der Waals surface area (Å²) < 4.78 is 8.76. The molecule has 0 aliphatic carbocycles. The van der Waals surface area contributed by atoms with Gasteiger partial charge in [-0.2, -0.15) is 5.10 Å². The molecule has 0 amide bonds. The van der Waals surface area contributed by atoms with Crippen molar-refractivity contribution >= 4 is 27.4 Å². The average molecular weight is 302 g/mol. The molecule has 4 rings (SSSR count). The van der Waals surface area contributed by atoms with Crippen LogP contribution < -0.4 is 4.90 Å². The minimum atomic E-state index is 0.0884. The Morgan fingerprint density at radius 1 is 1.33 bits per heavy atom. The molecular formula is C13H14N6OS. The van der Waals surface area contributed by atoms with E-state index in [4.69, 9.17) is 4.74 Å². The zero-order chi connectivity index (χ0) is 14.1. The number of anilines is 1. The summed E-state index contributed by atoms with van der Waals surface area (Å²) in [5, 5.41) is 6.19. The fourth-order valence-corrected chi connectivity index (χ4v) is 3.42. The van der Waals surface area contributed by atoms with Gasteiger partial charge in [0.1, 0.15) is 24.8 Å². The van der Waals surface area contributed by atoms with Gasteiger partial charge in [-0.3, -0.25) is 4.68 Å². The van der Waals surface area contributed by atoms with Crippen molar-refractivity contribution in [2.75, 3.05) is 24.6 Å². The van der Waals surface area contributed by atoms with Crippen LogP contribution in [0.3, 0.4) is 0 Å². The first-order valence-electron chi connectivity index (χ1n) is 6.77. The van der Waals surface area contributed by atoms with Gasteiger partial charge in [0.2, 0.25) is 0 Å². The highest BCUT2D eigenvalue weighted by Gasteiger charge is 2.23. The van der Waals surface area contributed by atoms with E-state index in [2.05, 4.69) is 30.3 Å². The van der Waals surface area contributed by atoms with Gasteiger partial charge in [-0.15, -0.1) is 11.3 Å². The lowest BCUT2D eigenvalue weighted by Crippen LogP contribution is -2.44. The summed E-state index contributed by atoms with van der Waals surface area (Å²) in [4.78, 5) is 15.0. The van der Waals surface area contributed by atoms with Gasteiger partial charge in [0.05, 0.1) is 29.5 Å². The topological polar surface area (TPSA) is 69.0 Å². The van der Waals surface area contributed by atoms with Crippen molar-refractivity contribution in [2.24, 2.45) is 0 Å². The molecular weight excluding hydrogens is 288 g/mol. The summed E-state index contributed by atoms with van der Waals surface area (Å²) in [5.41, 5.74) is 1.00. The Morgan fingerprint density at radius 3 is 3.24 bits per heavy atom. The molecule has 1 saturated heterocycles. The highest BCUT2D eigenvalue weighted by Crippen LogP contribution is 2.28. The Bertz CT molecular complexity index is 727. The maximum atomic E-state index is 5.83. The van der Waals surface area contributed by atoms with Crippen molar-refractivity contribution in [3.8, 4) is 0 Å². The second kappa shape index (κ2) is 5.38. The molecule has 1 aliphatic rings. The van der Waals surface area contributed by atoms with Crippen LogP contribution in [0.2, 0.25) is 0 Å². The fourth-order valence-electron chi connectivity index (χ4n) is 2.56. The van der Waals surface area contributed by atoms with Crippen LogP contribution >= 0.6 is 11.3 Å². The Hall–Kier alpha value is -2.06. The maximum Gasteiger partial charge on any atom is 0.150 e. The van der Waals surface area contributed by atoms with E-state index in [9.17, 15) is 0 Å². The smallest absolute Gasteiger partial charge is 0.150 e. The first-order chi connectivity index (χ1) is 10.4. The summed E-state index contributed by atoms with van der Waals surface area (Å²) in [6, 6.07) is 2.03. The number of morpholine rings is 1. The highest BCUT2D eigenvalue weighted by atomic mass is 32.1. The number of thiophene rings is 1. The maximum absolute atomic E-state index is 5.83. The van der Waals surface area contributed by atoms with Gasteiger partial charge >= 0.3 is 0 Å². The van der Waals surface area contributed by atoms with Crippen LogP contribution in [0, 0.1) is 0 Å². The molecule has 7 nitrogen and oxygen atoms in total. The zero-order valence-electron chi connectivity index (χ0n) is 11.3. The molecule has 4 heterocycles. The second-order valence-electron chi connectivity index (χ2n) is 4.89. The van der Waals surface area contributed by atoms with Gasteiger partial charge in [0.25, 0.3) is 0 Å². The highest BCUT2D eigenvalue weighted by molar-refractivity contribution is 7.17. The van der Waals surface area contributed by atoms with Crippen LogP contribution in [0.25, 0.3) is 10.2 Å². The van der Waals surface area contributed by atoms with Crippen molar-refractivity contribution < 1.29 is 4.74 Å². The van der Waals surface area contributed by atoms with Gasteiger partial charge in [0, 0.05) is 13.1 Å². The lowest BCUT2D eigenvalue weighted by Gasteiger charge is -2.33. The summed E-state index contributed by atoms with van der Waals surface area (Å²) in [6.07, 6.45) is 4.97. The van der Waals surface area contributed by atoms with E-state index in [1.54, 1.807) is 35.0 Å². The molecule has 0 bridgehead atoms. The quantitative estimate of drug-likeness (QED) is 0.724. The Labute approximate surface area is 125 Å². The molecule has 0 saturated carbocycles. The van der Waals surface area contributed by atoms with E-state index in [1.807, 2.05) is 6.07 Å². The average Bonchev–Trinajstić information content (AvgIpc) is 3.18. The van der Waals surface area contributed by atoms with Gasteiger partial charge in [-0.25, -0.2) is 15.0 Å². The Morgan fingerprint density at radius 2 is 2.33 bits per heavy atom. The van der Waals surface area contributed by atoms with Crippen LogP contribution in [0.15, 0.2) is 30.4 Å². The number of aromatic nitrogens is 5. The van der Waals surface area contributed by atoms with Gasteiger partial charge in [0.15, 0.2) is 0 Å². The van der Waals surface area contributed by atoms with Crippen molar-refractivity contribution in [1.29, 1.82) is 0 Å². The normalized spacial score (nSPS) is 19.2. The molecule has 1 aliphatic heterocycles. The van der Waals surface area contributed by atoms with E-state index < -0.39 is 0 Å². The van der Waals surface area contributed by atoms with E-state index in [0.717, 1.165) is 29.1 Å².